The molecule has 1 aliphatic carbocycles. The van der Waals surface area contributed by atoms with Crippen LogP contribution in [0.2, 0.25) is 0 Å². The van der Waals surface area contributed by atoms with Gasteiger partial charge in [-0.25, -0.2) is 0 Å². The van der Waals surface area contributed by atoms with Crippen LogP contribution in [0.25, 0.3) is 5.57 Å². The molecule has 2 aliphatic rings. The van der Waals surface area contributed by atoms with E-state index in [4.69, 9.17) is 5.26 Å². The van der Waals surface area contributed by atoms with Crippen LogP contribution in [0.4, 0.5) is 0 Å². The molecule has 1 heterocycles. The molecular formula is C18H22N2. The van der Waals surface area contributed by atoms with Gasteiger partial charge in [-0.3, -0.25) is 0 Å². The topological polar surface area (TPSA) is 35.8 Å². The fraction of sp³-hybridized carbons (Fsp3) is 0.500. The van der Waals surface area contributed by atoms with E-state index in [1.54, 1.807) is 0 Å². The third-order valence-corrected chi connectivity index (χ3v) is 4.77. The van der Waals surface area contributed by atoms with Crippen LogP contribution in [0.1, 0.15) is 49.7 Å². The standard InChI is InChI=1S/C18H22N2/c19-13-14-6-8-15(9-7-14)17-10-11-20-18(12-17)16-4-2-1-3-5-16/h6-10,16,18,20H,1-5,11-12H2. The molecule has 1 aliphatic heterocycles. The van der Waals surface area contributed by atoms with Gasteiger partial charge in [-0.05, 0) is 48.4 Å². The molecule has 20 heavy (non-hydrogen) atoms. The van der Waals surface area contributed by atoms with Crippen LogP contribution < -0.4 is 5.32 Å². The van der Waals surface area contributed by atoms with E-state index in [1.807, 2.05) is 12.1 Å². The zero-order valence-corrected chi connectivity index (χ0v) is 11.9. The van der Waals surface area contributed by atoms with Gasteiger partial charge >= 0.3 is 0 Å². The van der Waals surface area contributed by atoms with Gasteiger partial charge in [-0.2, -0.15) is 5.26 Å². The lowest BCUT2D eigenvalue weighted by Gasteiger charge is -2.34. The molecule has 1 saturated carbocycles. The van der Waals surface area contributed by atoms with Crippen molar-refractivity contribution in [1.82, 2.24) is 5.32 Å². The van der Waals surface area contributed by atoms with Gasteiger partial charge in [0.05, 0.1) is 11.6 Å². The number of hydrogen-bond acceptors (Lipinski definition) is 2. The first-order valence-electron chi connectivity index (χ1n) is 7.80. The molecule has 1 aromatic rings. The third kappa shape index (κ3) is 2.94. The molecule has 1 aromatic carbocycles. The minimum atomic E-state index is 0.644. The molecule has 2 heteroatoms. The summed E-state index contributed by atoms with van der Waals surface area (Å²) in [7, 11) is 0. The van der Waals surface area contributed by atoms with E-state index in [9.17, 15) is 0 Å². The van der Waals surface area contributed by atoms with Gasteiger partial charge in [0, 0.05) is 12.6 Å². The first-order chi connectivity index (χ1) is 9.86. The van der Waals surface area contributed by atoms with Crippen LogP contribution in [-0.4, -0.2) is 12.6 Å². The number of nitriles is 1. The molecule has 104 valence electrons. The van der Waals surface area contributed by atoms with Gasteiger partial charge in [0.1, 0.15) is 0 Å². The highest BCUT2D eigenvalue weighted by Gasteiger charge is 2.26. The SMILES string of the molecule is N#Cc1ccc(C2=CCNC(C3CCCCC3)C2)cc1. The summed E-state index contributed by atoms with van der Waals surface area (Å²) in [5, 5.41) is 12.6. The fourth-order valence-corrected chi connectivity index (χ4v) is 3.59. The van der Waals surface area contributed by atoms with Gasteiger partial charge in [0.15, 0.2) is 0 Å². The largest absolute Gasteiger partial charge is 0.310 e. The van der Waals surface area contributed by atoms with Gasteiger partial charge in [-0.15, -0.1) is 0 Å². The molecule has 1 atom stereocenters. The van der Waals surface area contributed by atoms with E-state index in [0.29, 0.717) is 6.04 Å². The molecule has 0 aromatic heterocycles. The molecule has 3 rings (SSSR count). The summed E-state index contributed by atoms with van der Waals surface area (Å²) < 4.78 is 0. The maximum Gasteiger partial charge on any atom is 0.0991 e. The summed E-state index contributed by atoms with van der Waals surface area (Å²) in [5.41, 5.74) is 3.47. The predicted molar refractivity (Wildman–Crippen MR) is 82.1 cm³/mol. The van der Waals surface area contributed by atoms with Gasteiger partial charge in [-0.1, -0.05) is 37.5 Å². The molecule has 0 amide bonds. The van der Waals surface area contributed by atoms with E-state index >= 15 is 0 Å². The fourth-order valence-electron chi connectivity index (χ4n) is 3.59. The number of hydrogen-bond donors (Lipinski definition) is 1. The van der Waals surface area contributed by atoms with E-state index in [0.717, 1.165) is 24.4 Å². The summed E-state index contributed by atoms with van der Waals surface area (Å²) in [6, 6.07) is 10.9. The Morgan fingerprint density at radius 2 is 1.80 bits per heavy atom. The normalized spacial score (nSPS) is 23.9. The molecule has 0 saturated heterocycles. The number of nitrogens with one attached hydrogen (secondary N) is 1. The Labute approximate surface area is 121 Å². The number of benzene rings is 1. The summed E-state index contributed by atoms with van der Waals surface area (Å²) >= 11 is 0. The van der Waals surface area contributed by atoms with E-state index in [-0.39, 0.29) is 0 Å². The van der Waals surface area contributed by atoms with Crippen LogP contribution in [-0.2, 0) is 0 Å². The molecule has 1 unspecified atom stereocenters. The summed E-state index contributed by atoms with van der Waals surface area (Å²) in [6.07, 6.45) is 10.4. The predicted octanol–water partition coefficient (Wildman–Crippen LogP) is 3.88. The summed E-state index contributed by atoms with van der Waals surface area (Å²) in [5.74, 6) is 0.853. The summed E-state index contributed by atoms with van der Waals surface area (Å²) in [4.78, 5) is 0. The minimum absolute atomic E-state index is 0.644. The second kappa shape index (κ2) is 6.24. The first kappa shape index (κ1) is 13.4. The Hall–Kier alpha value is -1.59. The lowest BCUT2D eigenvalue weighted by atomic mass is 9.79. The van der Waals surface area contributed by atoms with Crippen LogP contribution in [0, 0.1) is 17.2 Å². The zero-order chi connectivity index (χ0) is 13.8. The highest BCUT2D eigenvalue weighted by Crippen LogP contribution is 2.32. The quantitative estimate of drug-likeness (QED) is 0.881. The van der Waals surface area contributed by atoms with Gasteiger partial charge < -0.3 is 5.32 Å². The molecule has 0 bridgehead atoms. The average molecular weight is 266 g/mol. The van der Waals surface area contributed by atoms with Crippen molar-refractivity contribution in [2.75, 3.05) is 6.54 Å². The highest BCUT2D eigenvalue weighted by molar-refractivity contribution is 5.67. The van der Waals surface area contributed by atoms with Crippen molar-refractivity contribution < 1.29 is 0 Å². The van der Waals surface area contributed by atoms with Gasteiger partial charge in [0.2, 0.25) is 0 Å². The van der Waals surface area contributed by atoms with Crippen molar-refractivity contribution in [2.24, 2.45) is 5.92 Å². The van der Waals surface area contributed by atoms with E-state index in [2.05, 4.69) is 29.6 Å². The maximum absolute atomic E-state index is 8.88. The Bertz CT molecular complexity index is 515. The Morgan fingerprint density at radius 3 is 2.50 bits per heavy atom. The minimum Gasteiger partial charge on any atom is -0.310 e. The lowest BCUT2D eigenvalue weighted by Crippen LogP contribution is -2.39. The first-order valence-corrected chi connectivity index (χ1v) is 7.80. The highest BCUT2D eigenvalue weighted by atomic mass is 14.9. The average Bonchev–Trinajstić information content (AvgIpc) is 2.56. The van der Waals surface area contributed by atoms with Crippen LogP contribution in [0.15, 0.2) is 30.3 Å². The molecular weight excluding hydrogens is 244 g/mol. The number of rotatable bonds is 2. The molecule has 2 nitrogen and oxygen atoms in total. The Morgan fingerprint density at radius 1 is 1.05 bits per heavy atom. The van der Waals surface area contributed by atoms with Crippen molar-refractivity contribution in [2.45, 2.75) is 44.6 Å². The molecule has 1 fully saturated rings. The van der Waals surface area contributed by atoms with Crippen molar-refractivity contribution in [1.29, 1.82) is 5.26 Å². The van der Waals surface area contributed by atoms with Gasteiger partial charge in [0.25, 0.3) is 0 Å². The molecule has 1 N–H and O–H groups in total. The van der Waals surface area contributed by atoms with Crippen LogP contribution >= 0.6 is 0 Å². The second-order valence-corrected chi connectivity index (χ2v) is 6.04. The van der Waals surface area contributed by atoms with Crippen molar-refractivity contribution in [3.05, 3.63) is 41.5 Å². The van der Waals surface area contributed by atoms with Crippen molar-refractivity contribution >= 4 is 5.57 Å². The maximum atomic E-state index is 8.88. The number of nitrogens with zero attached hydrogens (tertiary/aromatic N) is 1. The third-order valence-electron chi connectivity index (χ3n) is 4.77. The van der Waals surface area contributed by atoms with E-state index < -0.39 is 0 Å². The smallest absolute Gasteiger partial charge is 0.0991 e. The van der Waals surface area contributed by atoms with Crippen LogP contribution in [0.3, 0.4) is 0 Å². The Balaban J connectivity index is 1.70. The van der Waals surface area contributed by atoms with Crippen molar-refractivity contribution in [3.8, 4) is 6.07 Å². The molecule has 0 spiro atoms. The zero-order valence-electron chi connectivity index (χ0n) is 11.9. The second-order valence-electron chi connectivity index (χ2n) is 6.04. The van der Waals surface area contributed by atoms with E-state index in [1.165, 1.54) is 43.2 Å². The van der Waals surface area contributed by atoms with Crippen molar-refractivity contribution in [3.63, 3.8) is 0 Å². The summed E-state index contributed by atoms with van der Waals surface area (Å²) in [6.45, 7) is 0.983. The lowest BCUT2D eigenvalue weighted by molar-refractivity contribution is 0.273. The van der Waals surface area contributed by atoms with Crippen LogP contribution in [0.5, 0.6) is 0 Å². The monoisotopic (exact) mass is 266 g/mol. The molecule has 0 radical (unpaired) electrons. The Kier molecular flexibility index (Phi) is 4.18.